The Morgan fingerprint density at radius 2 is 2.12 bits per heavy atom. The van der Waals surface area contributed by atoms with Gasteiger partial charge in [0.1, 0.15) is 5.75 Å². The molecular formula is C12H17NO3. The van der Waals surface area contributed by atoms with Crippen molar-refractivity contribution in [2.45, 2.75) is 26.6 Å². The molecule has 1 rings (SSSR count). The van der Waals surface area contributed by atoms with Crippen LogP contribution in [0.4, 0.5) is 0 Å². The van der Waals surface area contributed by atoms with Crippen molar-refractivity contribution >= 4 is 5.91 Å². The topological polar surface area (TPSA) is 61.5 Å². The smallest absolute Gasteiger partial charge is 0.248 e. The molecule has 0 bridgehead atoms. The van der Waals surface area contributed by atoms with Gasteiger partial charge >= 0.3 is 0 Å². The lowest BCUT2D eigenvalue weighted by molar-refractivity contribution is 0.0644. The summed E-state index contributed by atoms with van der Waals surface area (Å²) in [5.41, 5.74) is 6.50. The van der Waals surface area contributed by atoms with Crippen LogP contribution in [0, 0.1) is 0 Å². The number of nitrogens with two attached hydrogens (primary N) is 1. The molecule has 16 heavy (non-hydrogen) atoms. The Morgan fingerprint density at radius 1 is 1.44 bits per heavy atom. The molecule has 88 valence electrons. The number of primary amides is 1. The number of rotatable bonds is 5. The quantitative estimate of drug-likeness (QED) is 0.826. The number of amides is 1. The van der Waals surface area contributed by atoms with Crippen molar-refractivity contribution < 1.29 is 14.3 Å². The van der Waals surface area contributed by atoms with E-state index in [1.807, 2.05) is 13.8 Å². The lowest BCUT2D eigenvalue weighted by Gasteiger charge is -2.12. The van der Waals surface area contributed by atoms with Crippen molar-refractivity contribution in [1.82, 2.24) is 0 Å². The number of hydrogen-bond acceptors (Lipinski definition) is 3. The van der Waals surface area contributed by atoms with Crippen LogP contribution < -0.4 is 10.5 Å². The van der Waals surface area contributed by atoms with Crippen LogP contribution in [-0.4, -0.2) is 19.1 Å². The molecule has 0 aliphatic carbocycles. The van der Waals surface area contributed by atoms with Gasteiger partial charge in [-0.1, -0.05) is 0 Å². The molecule has 0 radical (unpaired) electrons. The highest BCUT2D eigenvalue weighted by Gasteiger charge is 2.08. The van der Waals surface area contributed by atoms with E-state index in [0.717, 1.165) is 5.56 Å². The van der Waals surface area contributed by atoms with Crippen LogP contribution in [0.1, 0.15) is 29.8 Å². The molecule has 0 atom stereocenters. The number of carbonyl (C=O) groups is 1. The second-order valence-electron chi connectivity index (χ2n) is 3.75. The summed E-state index contributed by atoms with van der Waals surface area (Å²) in [6.07, 6.45) is 0.127. The molecule has 0 aromatic heterocycles. The third-order valence-corrected chi connectivity index (χ3v) is 2.14. The fraction of sp³-hybridized carbons (Fsp3) is 0.417. The molecule has 0 spiro atoms. The van der Waals surface area contributed by atoms with E-state index >= 15 is 0 Å². The summed E-state index contributed by atoms with van der Waals surface area (Å²) >= 11 is 0. The third-order valence-electron chi connectivity index (χ3n) is 2.14. The van der Waals surface area contributed by atoms with Crippen LogP contribution in [0.2, 0.25) is 0 Å². The van der Waals surface area contributed by atoms with Gasteiger partial charge in [-0.05, 0) is 32.0 Å². The summed E-state index contributed by atoms with van der Waals surface area (Å²) in [6, 6.07) is 5.06. The van der Waals surface area contributed by atoms with Crippen LogP contribution in [0.25, 0.3) is 0 Å². The van der Waals surface area contributed by atoms with E-state index in [0.29, 0.717) is 17.9 Å². The van der Waals surface area contributed by atoms with Gasteiger partial charge in [-0.25, -0.2) is 0 Å². The largest absolute Gasteiger partial charge is 0.496 e. The van der Waals surface area contributed by atoms with Gasteiger partial charge in [0, 0.05) is 11.1 Å². The molecule has 1 aromatic carbocycles. The van der Waals surface area contributed by atoms with Gasteiger partial charge < -0.3 is 15.2 Å². The minimum absolute atomic E-state index is 0.127. The van der Waals surface area contributed by atoms with Crippen LogP contribution in [-0.2, 0) is 11.3 Å². The minimum Gasteiger partial charge on any atom is -0.496 e. The molecule has 0 aliphatic rings. The first-order chi connectivity index (χ1) is 7.54. The average Bonchev–Trinajstić information content (AvgIpc) is 2.25. The highest BCUT2D eigenvalue weighted by atomic mass is 16.5. The van der Waals surface area contributed by atoms with E-state index in [4.69, 9.17) is 15.2 Å². The maximum absolute atomic E-state index is 11.0. The number of methoxy groups -OCH3 is 1. The van der Waals surface area contributed by atoms with Crippen LogP contribution in [0.15, 0.2) is 18.2 Å². The lowest BCUT2D eigenvalue weighted by Crippen LogP contribution is -2.12. The first kappa shape index (κ1) is 12.5. The van der Waals surface area contributed by atoms with Gasteiger partial charge in [0.15, 0.2) is 0 Å². The zero-order valence-corrected chi connectivity index (χ0v) is 9.82. The van der Waals surface area contributed by atoms with Gasteiger partial charge in [-0.3, -0.25) is 4.79 Å². The predicted molar refractivity (Wildman–Crippen MR) is 61.4 cm³/mol. The van der Waals surface area contributed by atoms with Crippen molar-refractivity contribution in [2.24, 2.45) is 5.73 Å². The third kappa shape index (κ3) is 3.24. The SMILES string of the molecule is COc1ccc(C(N)=O)cc1COC(C)C. The summed E-state index contributed by atoms with van der Waals surface area (Å²) in [7, 11) is 1.58. The second-order valence-corrected chi connectivity index (χ2v) is 3.75. The second kappa shape index (κ2) is 5.51. The number of carbonyl (C=O) groups excluding carboxylic acids is 1. The Hall–Kier alpha value is -1.55. The van der Waals surface area contributed by atoms with Crippen molar-refractivity contribution in [2.75, 3.05) is 7.11 Å². The summed E-state index contributed by atoms with van der Waals surface area (Å²) in [4.78, 5) is 11.0. The Kier molecular flexibility index (Phi) is 4.31. The molecule has 1 amide bonds. The fourth-order valence-electron chi connectivity index (χ4n) is 1.30. The first-order valence-electron chi connectivity index (χ1n) is 5.13. The van der Waals surface area contributed by atoms with E-state index < -0.39 is 5.91 Å². The van der Waals surface area contributed by atoms with E-state index in [1.165, 1.54) is 0 Å². The molecule has 0 saturated heterocycles. The van der Waals surface area contributed by atoms with Crippen molar-refractivity contribution in [3.63, 3.8) is 0 Å². The summed E-state index contributed by atoms with van der Waals surface area (Å²) < 4.78 is 10.7. The molecule has 2 N–H and O–H groups in total. The monoisotopic (exact) mass is 223 g/mol. The van der Waals surface area contributed by atoms with E-state index in [9.17, 15) is 4.79 Å². The summed E-state index contributed by atoms with van der Waals surface area (Å²) in [6.45, 7) is 4.30. The minimum atomic E-state index is -0.451. The Bertz CT molecular complexity index is 375. The molecule has 0 heterocycles. The highest BCUT2D eigenvalue weighted by molar-refractivity contribution is 5.93. The normalized spacial score (nSPS) is 10.5. The zero-order chi connectivity index (χ0) is 12.1. The number of hydrogen-bond donors (Lipinski definition) is 1. The molecule has 4 nitrogen and oxygen atoms in total. The van der Waals surface area contributed by atoms with E-state index in [1.54, 1.807) is 25.3 Å². The van der Waals surface area contributed by atoms with Crippen molar-refractivity contribution in [3.8, 4) is 5.75 Å². The zero-order valence-electron chi connectivity index (χ0n) is 9.82. The summed E-state index contributed by atoms with van der Waals surface area (Å²) in [5, 5.41) is 0. The van der Waals surface area contributed by atoms with Crippen molar-refractivity contribution in [1.29, 1.82) is 0 Å². The van der Waals surface area contributed by atoms with Crippen molar-refractivity contribution in [3.05, 3.63) is 29.3 Å². The molecule has 1 aromatic rings. The number of benzene rings is 1. The van der Waals surface area contributed by atoms with Gasteiger partial charge in [0.2, 0.25) is 5.91 Å². The van der Waals surface area contributed by atoms with E-state index in [-0.39, 0.29) is 6.10 Å². The van der Waals surface area contributed by atoms with E-state index in [2.05, 4.69) is 0 Å². The number of ether oxygens (including phenoxy) is 2. The van der Waals surface area contributed by atoms with Crippen LogP contribution in [0.5, 0.6) is 5.75 Å². The average molecular weight is 223 g/mol. The fourth-order valence-corrected chi connectivity index (χ4v) is 1.30. The van der Waals surface area contributed by atoms with Gasteiger partial charge in [0.25, 0.3) is 0 Å². The Labute approximate surface area is 95.3 Å². The first-order valence-corrected chi connectivity index (χ1v) is 5.13. The highest BCUT2D eigenvalue weighted by Crippen LogP contribution is 2.21. The molecule has 4 heteroatoms. The predicted octanol–water partition coefficient (Wildman–Crippen LogP) is 1.72. The van der Waals surface area contributed by atoms with Crippen LogP contribution in [0.3, 0.4) is 0 Å². The molecule has 0 unspecified atom stereocenters. The molecule has 0 aliphatic heterocycles. The molecule has 0 saturated carbocycles. The maximum atomic E-state index is 11.0. The standard InChI is InChI=1S/C12H17NO3/c1-8(2)16-7-10-6-9(12(13)14)4-5-11(10)15-3/h4-6,8H,7H2,1-3H3,(H2,13,14). The van der Waals surface area contributed by atoms with Gasteiger partial charge in [0.05, 0.1) is 19.8 Å². The Balaban J connectivity index is 2.93. The molecule has 0 fully saturated rings. The lowest BCUT2D eigenvalue weighted by atomic mass is 10.1. The molecular weight excluding hydrogens is 206 g/mol. The Morgan fingerprint density at radius 3 is 2.62 bits per heavy atom. The summed E-state index contributed by atoms with van der Waals surface area (Å²) in [5.74, 6) is 0.249. The van der Waals surface area contributed by atoms with Crippen LogP contribution >= 0.6 is 0 Å². The van der Waals surface area contributed by atoms with Gasteiger partial charge in [-0.2, -0.15) is 0 Å². The van der Waals surface area contributed by atoms with Gasteiger partial charge in [-0.15, -0.1) is 0 Å². The maximum Gasteiger partial charge on any atom is 0.248 e.